The molecule has 0 aliphatic heterocycles. The predicted octanol–water partition coefficient (Wildman–Crippen LogP) is 4.26. The van der Waals surface area contributed by atoms with Crippen LogP contribution in [0.2, 0.25) is 0 Å². The molecular weight excluding hydrogens is 373 g/mol. The Kier molecular flexibility index (Phi) is 6.37. The van der Waals surface area contributed by atoms with Gasteiger partial charge >= 0.3 is 5.97 Å². The number of carbonyl (C=O) groups is 2. The minimum atomic E-state index is -1.26. The van der Waals surface area contributed by atoms with Gasteiger partial charge in [-0.2, -0.15) is 0 Å². The zero-order valence-electron chi connectivity index (χ0n) is 15.3. The number of amides is 1. The van der Waals surface area contributed by atoms with Gasteiger partial charge in [0.1, 0.15) is 23.9 Å². The van der Waals surface area contributed by atoms with Gasteiger partial charge < -0.3 is 15.2 Å². The lowest BCUT2D eigenvalue weighted by atomic mass is 10.1. The number of aliphatic carboxylic acids is 1. The van der Waals surface area contributed by atoms with Crippen molar-refractivity contribution in [3.8, 4) is 5.75 Å². The van der Waals surface area contributed by atoms with Gasteiger partial charge in [0.15, 0.2) is 0 Å². The Balaban J connectivity index is 1.68. The highest BCUT2D eigenvalue weighted by molar-refractivity contribution is 6.02. The molecule has 146 valence electrons. The van der Waals surface area contributed by atoms with Crippen LogP contribution in [0.25, 0.3) is 6.08 Å². The molecule has 0 heterocycles. The van der Waals surface area contributed by atoms with Crippen LogP contribution in [0, 0.1) is 5.82 Å². The maximum absolute atomic E-state index is 13.6. The summed E-state index contributed by atoms with van der Waals surface area (Å²) in [6, 6.07) is 21.3. The van der Waals surface area contributed by atoms with E-state index in [1.54, 1.807) is 72.8 Å². The van der Waals surface area contributed by atoms with Crippen LogP contribution < -0.4 is 10.1 Å². The minimum absolute atomic E-state index is 0.0787. The smallest absolute Gasteiger partial charge is 0.352 e. The highest BCUT2D eigenvalue weighted by Gasteiger charge is 2.13. The monoisotopic (exact) mass is 391 g/mol. The van der Waals surface area contributed by atoms with E-state index in [2.05, 4.69) is 5.32 Å². The Morgan fingerprint density at radius 3 is 2.24 bits per heavy atom. The second-order valence-electron chi connectivity index (χ2n) is 6.13. The van der Waals surface area contributed by atoms with Crippen molar-refractivity contribution in [1.29, 1.82) is 0 Å². The molecule has 0 aliphatic rings. The maximum Gasteiger partial charge on any atom is 0.352 e. The van der Waals surface area contributed by atoms with Crippen LogP contribution in [-0.2, 0) is 11.4 Å². The van der Waals surface area contributed by atoms with Crippen LogP contribution in [0.5, 0.6) is 5.75 Å². The molecule has 0 fully saturated rings. The van der Waals surface area contributed by atoms with Gasteiger partial charge in [0.25, 0.3) is 5.91 Å². The van der Waals surface area contributed by atoms with Crippen LogP contribution in [0.1, 0.15) is 21.5 Å². The van der Waals surface area contributed by atoms with Crippen molar-refractivity contribution < 1.29 is 23.8 Å². The molecule has 3 aromatic carbocycles. The predicted molar refractivity (Wildman–Crippen MR) is 107 cm³/mol. The first-order valence-corrected chi connectivity index (χ1v) is 8.80. The van der Waals surface area contributed by atoms with Crippen molar-refractivity contribution in [2.24, 2.45) is 0 Å². The summed E-state index contributed by atoms with van der Waals surface area (Å²) in [5.41, 5.74) is 1.11. The first-order chi connectivity index (χ1) is 14.0. The van der Waals surface area contributed by atoms with Crippen LogP contribution in [-0.4, -0.2) is 17.0 Å². The third-order valence-corrected chi connectivity index (χ3v) is 4.06. The lowest BCUT2D eigenvalue weighted by Crippen LogP contribution is -2.27. The van der Waals surface area contributed by atoms with Crippen LogP contribution in [0.4, 0.5) is 4.39 Å². The largest absolute Gasteiger partial charge is 0.489 e. The summed E-state index contributed by atoms with van der Waals surface area (Å²) in [4.78, 5) is 23.7. The van der Waals surface area contributed by atoms with Gasteiger partial charge in [0.2, 0.25) is 0 Å². The number of carboxylic acid groups (broad SMARTS) is 1. The van der Waals surface area contributed by atoms with E-state index < -0.39 is 11.9 Å². The molecule has 3 rings (SSSR count). The van der Waals surface area contributed by atoms with E-state index in [1.807, 2.05) is 0 Å². The van der Waals surface area contributed by atoms with Crippen molar-refractivity contribution >= 4 is 18.0 Å². The van der Waals surface area contributed by atoms with Gasteiger partial charge in [-0.25, -0.2) is 9.18 Å². The number of halogens is 1. The quantitative estimate of drug-likeness (QED) is 0.590. The summed E-state index contributed by atoms with van der Waals surface area (Å²) in [7, 11) is 0. The molecule has 29 heavy (non-hydrogen) atoms. The van der Waals surface area contributed by atoms with Gasteiger partial charge in [-0.15, -0.1) is 0 Å². The molecule has 0 unspecified atom stereocenters. The van der Waals surface area contributed by atoms with Gasteiger partial charge in [0, 0.05) is 11.1 Å². The number of hydrogen-bond acceptors (Lipinski definition) is 3. The van der Waals surface area contributed by atoms with E-state index in [4.69, 9.17) is 4.74 Å². The van der Waals surface area contributed by atoms with E-state index in [0.717, 1.165) is 0 Å². The van der Waals surface area contributed by atoms with E-state index in [1.165, 1.54) is 12.1 Å². The van der Waals surface area contributed by atoms with Gasteiger partial charge in [-0.05, 0) is 42.0 Å². The van der Waals surface area contributed by atoms with Crippen LogP contribution >= 0.6 is 0 Å². The topological polar surface area (TPSA) is 75.6 Å². The Labute approximate surface area is 167 Å². The van der Waals surface area contributed by atoms with Gasteiger partial charge in [-0.1, -0.05) is 48.5 Å². The lowest BCUT2D eigenvalue weighted by molar-refractivity contribution is -0.132. The highest BCUT2D eigenvalue weighted by atomic mass is 19.1. The summed E-state index contributed by atoms with van der Waals surface area (Å²) >= 11 is 0. The molecule has 0 aromatic heterocycles. The Bertz CT molecular complexity index is 1030. The van der Waals surface area contributed by atoms with E-state index in [0.29, 0.717) is 22.4 Å². The molecule has 0 saturated carbocycles. The highest BCUT2D eigenvalue weighted by Crippen LogP contribution is 2.17. The SMILES string of the molecule is O=C(O)/C(=C\c1ccc(OCc2ccccc2F)cc1)NC(=O)c1ccccc1. The Morgan fingerprint density at radius 2 is 1.59 bits per heavy atom. The molecule has 5 nitrogen and oxygen atoms in total. The van der Waals surface area contributed by atoms with E-state index in [-0.39, 0.29) is 18.1 Å². The fourth-order valence-electron chi connectivity index (χ4n) is 2.54. The second kappa shape index (κ2) is 9.32. The molecule has 6 heteroatoms. The number of benzene rings is 3. The maximum atomic E-state index is 13.6. The number of carboxylic acids is 1. The molecule has 0 aliphatic carbocycles. The summed E-state index contributed by atoms with van der Waals surface area (Å²) < 4.78 is 19.2. The third kappa shape index (κ3) is 5.52. The standard InChI is InChI=1S/C23H18FNO4/c24-20-9-5-4-8-18(20)15-29-19-12-10-16(11-13-19)14-21(23(27)28)25-22(26)17-6-2-1-3-7-17/h1-14H,15H2,(H,25,26)(H,27,28)/b21-14+. The van der Waals surface area contributed by atoms with Gasteiger partial charge in [0.05, 0.1) is 0 Å². The van der Waals surface area contributed by atoms with E-state index >= 15 is 0 Å². The zero-order valence-corrected chi connectivity index (χ0v) is 15.3. The molecule has 3 aromatic rings. The van der Waals surface area contributed by atoms with E-state index in [9.17, 15) is 19.1 Å². The zero-order chi connectivity index (χ0) is 20.6. The molecule has 1 amide bonds. The number of rotatable bonds is 7. The summed E-state index contributed by atoms with van der Waals surface area (Å²) in [5, 5.41) is 11.8. The van der Waals surface area contributed by atoms with Crippen molar-refractivity contribution in [3.63, 3.8) is 0 Å². The molecule has 0 saturated heterocycles. The normalized spacial score (nSPS) is 11.0. The first kappa shape index (κ1) is 19.8. The van der Waals surface area contributed by atoms with Crippen molar-refractivity contribution in [1.82, 2.24) is 5.32 Å². The first-order valence-electron chi connectivity index (χ1n) is 8.80. The number of ether oxygens (including phenoxy) is 1. The molecule has 0 spiro atoms. The number of carbonyl (C=O) groups excluding carboxylic acids is 1. The third-order valence-electron chi connectivity index (χ3n) is 4.06. The number of hydrogen-bond donors (Lipinski definition) is 2. The van der Waals surface area contributed by atoms with Crippen molar-refractivity contribution in [2.45, 2.75) is 6.61 Å². The minimum Gasteiger partial charge on any atom is -0.489 e. The van der Waals surface area contributed by atoms with Gasteiger partial charge in [-0.3, -0.25) is 4.79 Å². The molecular formula is C23H18FNO4. The van der Waals surface area contributed by atoms with Crippen molar-refractivity contribution in [2.75, 3.05) is 0 Å². The fourth-order valence-corrected chi connectivity index (χ4v) is 2.54. The second-order valence-corrected chi connectivity index (χ2v) is 6.13. The molecule has 0 bridgehead atoms. The molecule has 2 N–H and O–H groups in total. The average Bonchev–Trinajstić information content (AvgIpc) is 2.74. The molecule has 0 atom stereocenters. The van der Waals surface area contributed by atoms with Crippen LogP contribution in [0.15, 0.2) is 84.6 Å². The Hall–Kier alpha value is -3.93. The summed E-state index contributed by atoms with van der Waals surface area (Å²) in [5.74, 6) is -1.60. The molecule has 0 radical (unpaired) electrons. The lowest BCUT2D eigenvalue weighted by Gasteiger charge is -2.08. The summed E-state index contributed by atoms with van der Waals surface area (Å²) in [6.07, 6.45) is 1.35. The average molecular weight is 391 g/mol. The Morgan fingerprint density at radius 1 is 0.931 bits per heavy atom. The fraction of sp³-hybridized carbons (Fsp3) is 0.0435. The van der Waals surface area contributed by atoms with Crippen LogP contribution in [0.3, 0.4) is 0 Å². The number of nitrogens with one attached hydrogen (secondary N) is 1. The van der Waals surface area contributed by atoms with Crippen molar-refractivity contribution in [3.05, 3.63) is 107 Å². The summed E-state index contributed by atoms with van der Waals surface area (Å²) in [6.45, 7) is 0.0787.